The molecular formula is C6H4ClF3N4. The molecule has 0 aromatic carbocycles. The van der Waals surface area contributed by atoms with Crippen LogP contribution in [0.5, 0.6) is 0 Å². The molecule has 0 saturated carbocycles. The Morgan fingerprint density at radius 3 is 2.86 bits per heavy atom. The van der Waals surface area contributed by atoms with Gasteiger partial charge in [0.05, 0.1) is 6.21 Å². The number of halogens is 4. The van der Waals surface area contributed by atoms with E-state index in [4.69, 9.17) is 11.6 Å². The summed E-state index contributed by atoms with van der Waals surface area (Å²) >= 11 is 5.47. The summed E-state index contributed by atoms with van der Waals surface area (Å²) in [5.41, 5.74) is 1.95. The molecule has 0 radical (unpaired) electrons. The van der Waals surface area contributed by atoms with Gasteiger partial charge in [0.2, 0.25) is 6.17 Å². The summed E-state index contributed by atoms with van der Waals surface area (Å²) in [6.45, 7) is 0. The minimum atomic E-state index is -4.41. The fraction of sp³-hybridized carbons (Fsp3) is 0.333. The lowest BCUT2D eigenvalue weighted by molar-refractivity contribution is -0.172. The highest BCUT2D eigenvalue weighted by atomic mass is 35.5. The zero-order valence-corrected chi connectivity index (χ0v) is 7.34. The molecule has 0 fully saturated rings. The van der Waals surface area contributed by atoms with Crippen LogP contribution in [0.15, 0.2) is 21.4 Å². The van der Waals surface area contributed by atoms with Crippen LogP contribution in [0.3, 0.4) is 0 Å². The van der Waals surface area contributed by atoms with Crippen LogP contribution in [0.25, 0.3) is 0 Å². The fourth-order valence-corrected chi connectivity index (χ4v) is 1.27. The van der Waals surface area contributed by atoms with Crippen LogP contribution < -0.4 is 5.43 Å². The highest BCUT2D eigenvalue weighted by Crippen LogP contribution is 2.28. The molecule has 2 aliphatic heterocycles. The van der Waals surface area contributed by atoms with Crippen LogP contribution in [-0.2, 0) is 0 Å². The number of amidine groups is 1. The summed E-state index contributed by atoms with van der Waals surface area (Å²) in [6, 6.07) is 0. The average Bonchev–Trinajstić information content (AvgIpc) is 2.45. The second-order valence-electron chi connectivity index (χ2n) is 2.66. The number of nitrogens with zero attached hydrogens (tertiary/aromatic N) is 3. The summed E-state index contributed by atoms with van der Waals surface area (Å²) in [5, 5.41) is 3.45. The third kappa shape index (κ3) is 1.43. The molecule has 2 heterocycles. The van der Waals surface area contributed by atoms with Crippen molar-refractivity contribution in [1.82, 2.24) is 10.3 Å². The van der Waals surface area contributed by atoms with E-state index < -0.39 is 12.3 Å². The summed E-state index contributed by atoms with van der Waals surface area (Å²) in [6.07, 6.45) is -4.03. The SMILES string of the molecule is FC(F)(F)C1NN=C2C=NC(Cl)=CN21. The van der Waals surface area contributed by atoms with Crippen molar-refractivity contribution < 1.29 is 13.2 Å². The second-order valence-corrected chi connectivity index (χ2v) is 3.05. The minimum Gasteiger partial charge on any atom is -0.297 e. The summed E-state index contributed by atoms with van der Waals surface area (Å²) in [5.74, 6) is 0.0942. The van der Waals surface area contributed by atoms with E-state index >= 15 is 0 Å². The maximum Gasteiger partial charge on any atom is 0.429 e. The van der Waals surface area contributed by atoms with Gasteiger partial charge in [-0.1, -0.05) is 11.6 Å². The zero-order chi connectivity index (χ0) is 10.3. The van der Waals surface area contributed by atoms with Crippen LogP contribution in [0.2, 0.25) is 0 Å². The Kier molecular flexibility index (Phi) is 1.91. The molecule has 2 aliphatic rings. The fourth-order valence-electron chi connectivity index (χ4n) is 1.11. The Morgan fingerprint density at radius 1 is 1.50 bits per heavy atom. The van der Waals surface area contributed by atoms with Gasteiger partial charge in [-0.3, -0.25) is 10.3 Å². The van der Waals surface area contributed by atoms with Crippen molar-refractivity contribution >= 4 is 23.7 Å². The molecule has 0 spiro atoms. The monoisotopic (exact) mass is 224 g/mol. The molecule has 0 saturated heterocycles. The van der Waals surface area contributed by atoms with E-state index in [-0.39, 0.29) is 11.0 Å². The molecular weight excluding hydrogens is 221 g/mol. The van der Waals surface area contributed by atoms with Gasteiger partial charge in [0, 0.05) is 6.20 Å². The molecule has 0 aliphatic carbocycles. The van der Waals surface area contributed by atoms with E-state index in [2.05, 4.69) is 10.1 Å². The van der Waals surface area contributed by atoms with Crippen molar-refractivity contribution in [3.63, 3.8) is 0 Å². The normalized spacial score (nSPS) is 25.4. The molecule has 0 aromatic heterocycles. The molecule has 76 valence electrons. The summed E-state index contributed by atoms with van der Waals surface area (Å²) in [4.78, 5) is 4.50. The van der Waals surface area contributed by atoms with E-state index in [1.165, 1.54) is 6.21 Å². The van der Waals surface area contributed by atoms with E-state index in [0.717, 1.165) is 11.1 Å². The van der Waals surface area contributed by atoms with Crippen molar-refractivity contribution in [3.05, 3.63) is 11.4 Å². The van der Waals surface area contributed by atoms with Crippen LogP contribution in [0.4, 0.5) is 13.2 Å². The highest BCUT2D eigenvalue weighted by molar-refractivity contribution is 6.36. The first-order chi connectivity index (χ1) is 6.48. The molecule has 1 atom stereocenters. The van der Waals surface area contributed by atoms with Gasteiger partial charge in [0.25, 0.3) is 0 Å². The minimum absolute atomic E-state index is 0.0121. The maximum absolute atomic E-state index is 12.4. The third-order valence-corrected chi connectivity index (χ3v) is 1.90. The Balaban J connectivity index is 2.27. The van der Waals surface area contributed by atoms with Gasteiger partial charge < -0.3 is 0 Å². The van der Waals surface area contributed by atoms with Gasteiger partial charge in [0.15, 0.2) is 5.84 Å². The van der Waals surface area contributed by atoms with E-state index in [1.54, 1.807) is 0 Å². The standard InChI is InChI=1S/C6H4ClF3N4/c7-3-2-14-4(1-11-3)12-13-5(14)6(8,9)10/h1-2,5,13H. The number of alkyl halides is 3. The smallest absolute Gasteiger partial charge is 0.297 e. The van der Waals surface area contributed by atoms with Crippen molar-refractivity contribution in [3.8, 4) is 0 Å². The van der Waals surface area contributed by atoms with Gasteiger partial charge in [0.1, 0.15) is 5.16 Å². The van der Waals surface area contributed by atoms with Crippen molar-refractivity contribution in [2.75, 3.05) is 0 Å². The van der Waals surface area contributed by atoms with Gasteiger partial charge in [-0.2, -0.15) is 18.3 Å². The molecule has 0 amide bonds. The number of hydrogen-bond donors (Lipinski definition) is 1. The highest BCUT2D eigenvalue weighted by Gasteiger charge is 2.47. The molecule has 0 bridgehead atoms. The lowest BCUT2D eigenvalue weighted by Gasteiger charge is -2.25. The molecule has 14 heavy (non-hydrogen) atoms. The summed E-state index contributed by atoms with van der Waals surface area (Å²) < 4.78 is 37.1. The number of fused-ring (bicyclic) bond motifs is 1. The lowest BCUT2D eigenvalue weighted by Crippen LogP contribution is -2.48. The van der Waals surface area contributed by atoms with Crippen molar-refractivity contribution in [1.29, 1.82) is 0 Å². The second kappa shape index (κ2) is 2.88. The topological polar surface area (TPSA) is 40.0 Å². The van der Waals surface area contributed by atoms with Gasteiger partial charge in [-0.05, 0) is 0 Å². The van der Waals surface area contributed by atoms with Crippen LogP contribution in [0, 0.1) is 0 Å². The predicted octanol–water partition coefficient (Wildman–Crippen LogP) is 1.22. The molecule has 2 rings (SSSR count). The third-order valence-electron chi connectivity index (χ3n) is 1.70. The van der Waals surface area contributed by atoms with Gasteiger partial charge in [-0.15, -0.1) is 0 Å². The number of aliphatic imine (C=N–C) groups is 1. The molecule has 4 nitrogen and oxygen atoms in total. The van der Waals surface area contributed by atoms with E-state index in [0.29, 0.717) is 0 Å². The van der Waals surface area contributed by atoms with Crippen LogP contribution >= 0.6 is 11.6 Å². The van der Waals surface area contributed by atoms with Crippen LogP contribution in [0.1, 0.15) is 0 Å². The predicted molar refractivity (Wildman–Crippen MR) is 44.7 cm³/mol. The number of hydrogen-bond acceptors (Lipinski definition) is 4. The first-order valence-electron chi connectivity index (χ1n) is 3.58. The molecule has 1 unspecified atom stereocenters. The van der Waals surface area contributed by atoms with Gasteiger partial charge >= 0.3 is 6.18 Å². The molecule has 1 N–H and O–H groups in total. The zero-order valence-electron chi connectivity index (χ0n) is 6.59. The molecule has 0 aromatic rings. The van der Waals surface area contributed by atoms with Crippen molar-refractivity contribution in [2.45, 2.75) is 12.3 Å². The quantitative estimate of drug-likeness (QED) is 0.629. The molecule has 8 heteroatoms. The largest absolute Gasteiger partial charge is 0.429 e. The van der Waals surface area contributed by atoms with Gasteiger partial charge in [-0.25, -0.2) is 4.99 Å². The Morgan fingerprint density at radius 2 is 2.21 bits per heavy atom. The first-order valence-corrected chi connectivity index (χ1v) is 3.96. The van der Waals surface area contributed by atoms with Crippen molar-refractivity contribution in [2.24, 2.45) is 10.1 Å². The van der Waals surface area contributed by atoms with Crippen LogP contribution in [-0.4, -0.2) is 29.3 Å². The van der Waals surface area contributed by atoms with E-state index in [9.17, 15) is 13.2 Å². The lowest BCUT2D eigenvalue weighted by atomic mass is 10.4. The average molecular weight is 225 g/mol. The maximum atomic E-state index is 12.4. The number of rotatable bonds is 0. The van der Waals surface area contributed by atoms with E-state index in [1.807, 2.05) is 5.43 Å². The summed E-state index contributed by atoms with van der Waals surface area (Å²) in [7, 11) is 0. The Hall–Kier alpha value is -1.24. The number of nitrogens with one attached hydrogen (secondary N) is 1. The first kappa shape index (κ1) is 9.32. The Labute approximate surface area is 81.7 Å². The number of hydrazone groups is 1. The Bertz CT molecular complexity index is 345.